The minimum atomic E-state index is -0.358. The highest BCUT2D eigenvalue weighted by Gasteiger charge is 2.13. The van der Waals surface area contributed by atoms with Gasteiger partial charge in [0.1, 0.15) is 17.8 Å². The van der Waals surface area contributed by atoms with Crippen molar-refractivity contribution in [2.24, 2.45) is 0 Å². The Kier molecular flexibility index (Phi) is 5.56. The minimum absolute atomic E-state index is 0.321. The van der Waals surface area contributed by atoms with Gasteiger partial charge in [0.05, 0.1) is 12.7 Å². The Labute approximate surface area is 134 Å². The number of amides is 1. The van der Waals surface area contributed by atoms with Crippen molar-refractivity contribution in [3.05, 3.63) is 36.2 Å². The van der Waals surface area contributed by atoms with Gasteiger partial charge < -0.3 is 15.8 Å². The smallest absolute Gasteiger partial charge is 0.273 e. The van der Waals surface area contributed by atoms with E-state index in [1.54, 1.807) is 24.3 Å². The Morgan fingerprint density at radius 1 is 1.26 bits per heavy atom. The molecule has 2 rings (SSSR count). The number of hydrogen-bond acceptors (Lipinski definition) is 7. The van der Waals surface area contributed by atoms with E-state index in [4.69, 9.17) is 10.5 Å². The molecule has 0 unspecified atom stereocenters. The Morgan fingerprint density at radius 2 is 2.00 bits per heavy atom. The summed E-state index contributed by atoms with van der Waals surface area (Å²) in [6.07, 6.45) is 2.31. The first-order chi connectivity index (χ1) is 11.2. The predicted octanol–water partition coefficient (Wildman–Crippen LogP) is 1.65. The highest BCUT2D eigenvalue weighted by molar-refractivity contribution is 5.97. The number of aromatic nitrogens is 2. The molecule has 122 valence electrons. The van der Waals surface area contributed by atoms with Gasteiger partial charge in [-0.2, -0.15) is 0 Å². The fraction of sp³-hybridized carbons (Fsp3) is 0.267. The molecule has 23 heavy (non-hydrogen) atoms. The molecular weight excluding hydrogens is 296 g/mol. The van der Waals surface area contributed by atoms with Gasteiger partial charge in [0.25, 0.3) is 5.91 Å². The summed E-state index contributed by atoms with van der Waals surface area (Å²) in [5.41, 5.74) is 12.0. The first kappa shape index (κ1) is 16.3. The summed E-state index contributed by atoms with van der Waals surface area (Å²) in [4.78, 5) is 20.3. The topological polar surface area (TPSA) is 114 Å². The van der Waals surface area contributed by atoms with Crippen LogP contribution < -0.4 is 26.6 Å². The molecule has 0 aliphatic heterocycles. The van der Waals surface area contributed by atoms with Crippen LogP contribution in [0.3, 0.4) is 0 Å². The average Bonchev–Trinajstić information content (AvgIpc) is 2.59. The van der Waals surface area contributed by atoms with Gasteiger partial charge in [0.15, 0.2) is 11.6 Å². The van der Waals surface area contributed by atoms with Crippen molar-refractivity contribution in [1.29, 1.82) is 0 Å². The number of rotatable bonds is 7. The second-order valence-corrected chi connectivity index (χ2v) is 4.69. The molecule has 0 spiro atoms. The molecule has 0 fully saturated rings. The van der Waals surface area contributed by atoms with Crippen LogP contribution in [0.15, 0.2) is 30.6 Å². The molecule has 1 heterocycles. The summed E-state index contributed by atoms with van der Waals surface area (Å²) in [5, 5.41) is 3.09. The zero-order valence-corrected chi connectivity index (χ0v) is 13.1. The third-order valence-corrected chi connectivity index (χ3v) is 3.07. The van der Waals surface area contributed by atoms with Gasteiger partial charge in [-0.1, -0.05) is 19.1 Å². The van der Waals surface area contributed by atoms with Crippen molar-refractivity contribution < 1.29 is 9.53 Å². The van der Waals surface area contributed by atoms with Crippen LogP contribution in [0.1, 0.15) is 23.7 Å². The van der Waals surface area contributed by atoms with Gasteiger partial charge in [-0.3, -0.25) is 15.6 Å². The highest BCUT2D eigenvalue weighted by Crippen LogP contribution is 2.22. The van der Waals surface area contributed by atoms with Crippen LogP contribution >= 0.6 is 0 Å². The highest BCUT2D eigenvalue weighted by atomic mass is 16.5. The van der Waals surface area contributed by atoms with Crippen molar-refractivity contribution >= 4 is 23.2 Å². The van der Waals surface area contributed by atoms with Crippen LogP contribution in [0, 0.1) is 0 Å². The quantitative estimate of drug-likeness (QED) is 0.574. The lowest BCUT2D eigenvalue weighted by Gasteiger charge is -2.13. The van der Waals surface area contributed by atoms with E-state index in [0.717, 1.165) is 13.0 Å². The van der Waals surface area contributed by atoms with Crippen molar-refractivity contribution in [3.8, 4) is 5.75 Å². The number of para-hydroxylation sites is 1. The monoisotopic (exact) mass is 316 g/mol. The fourth-order valence-corrected chi connectivity index (χ4v) is 1.89. The van der Waals surface area contributed by atoms with E-state index in [0.29, 0.717) is 28.6 Å². The number of hydrogen-bond donors (Lipinski definition) is 4. The number of carbonyl (C=O) groups is 1. The number of hydrazine groups is 1. The summed E-state index contributed by atoms with van der Waals surface area (Å²) in [6, 6.07) is 6.91. The molecule has 0 saturated carbocycles. The number of nitrogens with zero attached hydrogens (tertiary/aromatic N) is 2. The minimum Gasteiger partial charge on any atom is -0.496 e. The fourth-order valence-electron chi connectivity index (χ4n) is 1.89. The molecule has 1 aromatic heterocycles. The van der Waals surface area contributed by atoms with Crippen LogP contribution in [0.25, 0.3) is 0 Å². The predicted molar refractivity (Wildman–Crippen MR) is 89.3 cm³/mol. The lowest BCUT2D eigenvalue weighted by molar-refractivity contribution is 0.0959. The zero-order valence-electron chi connectivity index (χ0n) is 13.1. The summed E-state index contributed by atoms with van der Waals surface area (Å²) in [6.45, 7) is 2.78. The molecule has 1 amide bonds. The van der Waals surface area contributed by atoms with Crippen molar-refractivity contribution in [2.75, 3.05) is 30.1 Å². The Hall–Kier alpha value is -3.03. The Balaban J connectivity index is 2.07. The standard InChI is InChI=1S/C15H20N6O2/c1-3-8-17-13-12(16)14(19-9-18-13)20-21-15(22)10-6-4-5-7-11(10)23-2/h4-7,9H,3,8,16H2,1-2H3,(H,21,22)(H2,17,18,19,20). The van der Waals surface area contributed by atoms with Gasteiger partial charge in [-0.05, 0) is 18.6 Å². The molecule has 5 N–H and O–H groups in total. The Bertz CT molecular complexity index is 677. The summed E-state index contributed by atoms with van der Waals surface area (Å²) in [7, 11) is 1.51. The number of nitrogen functional groups attached to an aromatic ring is 1. The number of ether oxygens (including phenoxy) is 1. The van der Waals surface area contributed by atoms with E-state index in [9.17, 15) is 4.79 Å². The number of carbonyl (C=O) groups excluding carboxylic acids is 1. The third kappa shape index (κ3) is 4.00. The van der Waals surface area contributed by atoms with E-state index < -0.39 is 0 Å². The number of anilines is 3. The van der Waals surface area contributed by atoms with Gasteiger partial charge >= 0.3 is 0 Å². The summed E-state index contributed by atoms with van der Waals surface area (Å²) < 4.78 is 5.16. The molecule has 1 aromatic carbocycles. The van der Waals surface area contributed by atoms with Crippen molar-refractivity contribution in [2.45, 2.75) is 13.3 Å². The summed E-state index contributed by atoms with van der Waals surface area (Å²) in [5.74, 6) is 0.967. The normalized spacial score (nSPS) is 10.0. The second-order valence-electron chi connectivity index (χ2n) is 4.69. The van der Waals surface area contributed by atoms with E-state index >= 15 is 0 Å². The number of benzene rings is 1. The maximum absolute atomic E-state index is 12.2. The van der Waals surface area contributed by atoms with Gasteiger partial charge in [0, 0.05) is 6.54 Å². The van der Waals surface area contributed by atoms with Crippen LogP contribution in [-0.2, 0) is 0 Å². The third-order valence-electron chi connectivity index (χ3n) is 3.07. The number of methoxy groups -OCH3 is 1. The van der Waals surface area contributed by atoms with Crippen LogP contribution in [0.2, 0.25) is 0 Å². The van der Waals surface area contributed by atoms with Gasteiger partial charge in [0.2, 0.25) is 0 Å². The first-order valence-electron chi connectivity index (χ1n) is 7.21. The van der Waals surface area contributed by atoms with Gasteiger partial charge in [-0.25, -0.2) is 9.97 Å². The second kappa shape index (κ2) is 7.83. The molecule has 0 aliphatic carbocycles. The van der Waals surface area contributed by atoms with Crippen LogP contribution in [-0.4, -0.2) is 29.5 Å². The van der Waals surface area contributed by atoms with E-state index in [1.807, 2.05) is 6.92 Å². The molecule has 8 nitrogen and oxygen atoms in total. The maximum Gasteiger partial charge on any atom is 0.273 e. The maximum atomic E-state index is 12.2. The molecule has 8 heteroatoms. The molecule has 0 bridgehead atoms. The average molecular weight is 316 g/mol. The van der Waals surface area contributed by atoms with Crippen molar-refractivity contribution in [1.82, 2.24) is 15.4 Å². The number of nitrogens with one attached hydrogen (secondary N) is 3. The van der Waals surface area contributed by atoms with E-state index in [2.05, 4.69) is 26.1 Å². The molecular formula is C15H20N6O2. The van der Waals surface area contributed by atoms with Crippen molar-refractivity contribution in [3.63, 3.8) is 0 Å². The summed E-state index contributed by atoms with van der Waals surface area (Å²) >= 11 is 0. The SMILES string of the molecule is CCCNc1ncnc(NNC(=O)c2ccccc2OC)c1N. The zero-order chi connectivity index (χ0) is 16.7. The van der Waals surface area contributed by atoms with E-state index in [-0.39, 0.29) is 5.91 Å². The molecule has 0 aliphatic rings. The molecule has 2 aromatic rings. The lowest BCUT2D eigenvalue weighted by atomic mass is 10.2. The van der Waals surface area contributed by atoms with E-state index in [1.165, 1.54) is 13.4 Å². The largest absolute Gasteiger partial charge is 0.496 e. The lowest BCUT2D eigenvalue weighted by Crippen LogP contribution is -2.30. The van der Waals surface area contributed by atoms with Crippen LogP contribution in [0.4, 0.5) is 17.3 Å². The number of nitrogens with two attached hydrogens (primary N) is 1. The van der Waals surface area contributed by atoms with Gasteiger partial charge in [-0.15, -0.1) is 0 Å². The molecule has 0 radical (unpaired) electrons. The molecule has 0 atom stereocenters. The van der Waals surface area contributed by atoms with Crippen LogP contribution in [0.5, 0.6) is 5.75 Å². The Morgan fingerprint density at radius 3 is 2.74 bits per heavy atom. The molecule has 0 saturated heterocycles. The first-order valence-corrected chi connectivity index (χ1v) is 7.21.